The van der Waals surface area contributed by atoms with Crippen LogP contribution in [0.15, 0.2) is 70.3 Å². The summed E-state index contributed by atoms with van der Waals surface area (Å²) in [5.74, 6) is 0.912. The van der Waals surface area contributed by atoms with Gasteiger partial charge in [-0.05, 0) is 65.9 Å². The molecule has 1 amide bonds. The number of amides is 1. The van der Waals surface area contributed by atoms with Crippen molar-refractivity contribution in [2.45, 2.75) is 23.3 Å². The smallest absolute Gasteiger partial charge is 0.274 e. The maximum atomic E-state index is 13.3. The molecule has 32 heavy (non-hydrogen) atoms. The third-order valence-electron chi connectivity index (χ3n) is 4.75. The zero-order valence-corrected chi connectivity index (χ0v) is 20.1. The first-order chi connectivity index (χ1) is 15.4. The van der Waals surface area contributed by atoms with Crippen LogP contribution >= 0.6 is 23.1 Å². The van der Waals surface area contributed by atoms with Crippen LogP contribution in [0.5, 0.6) is 0 Å². The van der Waals surface area contributed by atoms with Gasteiger partial charge in [0.25, 0.3) is 10.0 Å². The summed E-state index contributed by atoms with van der Waals surface area (Å²) in [6.45, 7) is 2.17. The second-order valence-corrected chi connectivity index (χ2v) is 11.2. The second kappa shape index (κ2) is 11.5. The third kappa shape index (κ3) is 6.57. The summed E-state index contributed by atoms with van der Waals surface area (Å²) >= 11 is 2.87. The zero-order valence-electron chi connectivity index (χ0n) is 17.7. The van der Waals surface area contributed by atoms with Crippen LogP contribution in [0.3, 0.4) is 0 Å². The molecule has 0 atom stereocenters. The average molecular weight is 493 g/mol. The number of nitrogens with zero attached hydrogens (tertiary/aromatic N) is 1. The van der Waals surface area contributed by atoms with Gasteiger partial charge >= 0.3 is 0 Å². The number of halogens is 1. The van der Waals surface area contributed by atoms with E-state index in [2.05, 4.69) is 24.4 Å². The number of thioether (sulfide) groups is 1. The van der Waals surface area contributed by atoms with Gasteiger partial charge in [-0.1, -0.05) is 30.3 Å². The molecule has 0 radical (unpaired) electrons. The summed E-state index contributed by atoms with van der Waals surface area (Å²) < 4.78 is 40.6. The fourth-order valence-corrected chi connectivity index (χ4v) is 6.55. The van der Waals surface area contributed by atoms with E-state index in [0.717, 1.165) is 33.6 Å². The third-order valence-corrected chi connectivity index (χ3v) is 8.99. The quantitative estimate of drug-likeness (QED) is 0.390. The van der Waals surface area contributed by atoms with Crippen molar-refractivity contribution in [3.8, 4) is 0 Å². The molecule has 1 N–H and O–H groups in total. The lowest BCUT2D eigenvalue weighted by molar-refractivity contribution is -0.119. The van der Waals surface area contributed by atoms with Crippen molar-refractivity contribution in [2.75, 3.05) is 23.1 Å². The molecule has 0 bridgehead atoms. The maximum absolute atomic E-state index is 13.3. The minimum atomic E-state index is -3.93. The molecule has 1 heterocycles. The van der Waals surface area contributed by atoms with Gasteiger partial charge in [0.2, 0.25) is 5.91 Å². The van der Waals surface area contributed by atoms with E-state index < -0.39 is 21.7 Å². The highest BCUT2D eigenvalue weighted by Crippen LogP contribution is 2.26. The Morgan fingerprint density at radius 2 is 1.84 bits per heavy atom. The van der Waals surface area contributed by atoms with Crippen LogP contribution in [-0.4, -0.2) is 33.2 Å². The Kier molecular flexibility index (Phi) is 8.72. The molecule has 1 aromatic heterocycles. The molecule has 0 spiro atoms. The van der Waals surface area contributed by atoms with Gasteiger partial charge < -0.3 is 5.32 Å². The summed E-state index contributed by atoms with van der Waals surface area (Å²) in [5, 5.41) is 4.45. The lowest BCUT2D eigenvalue weighted by Gasteiger charge is -2.23. The molecule has 170 valence electrons. The van der Waals surface area contributed by atoms with Crippen molar-refractivity contribution in [3.63, 3.8) is 0 Å². The van der Waals surface area contributed by atoms with Crippen molar-refractivity contribution < 1.29 is 17.6 Å². The van der Waals surface area contributed by atoms with E-state index in [1.54, 1.807) is 23.2 Å². The first kappa shape index (κ1) is 24.3. The summed E-state index contributed by atoms with van der Waals surface area (Å²) in [7, 11) is -3.93. The Labute approximate surface area is 196 Å². The average Bonchev–Trinajstić information content (AvgIpc) is 3.32. The number of anilines is 1. The molecule has 3 rings (SSSR count). The minimum absolute atomic E-state index is 0.127. The molecule has 0 unspecified atom stereocenters. The standard InChI is InChI=1S/C23H25FN2O3S3/c1-18-6-2-3-7-19(18)17-30-14-5-13-25-22(27)16-26(21-11-9-20(24)10-12-21)32(28,29)23-8-4-15-31-23/h2-4,6-12,15H,5,13-14,16-17H2,1H3,(H,25,27). The van der Waals surface area contributed by atoms with Gasteiger partial charge in [-0.3, -0.25) is 9.10 Å². The van der Waals surface area contributed by atoms with Crippen molar-refractivity contribution >= 4 is 44.7 Å². The number of carbonyl (C=O) groups excluding carboxylic acids is 1. The minimum Gasteiger partial charge on any atom is -0.354 e. The van der Waals surface area contributed by atoms with Crippen LogP contribution in [0.4, 0.5) is 10.1 Å². The number of hydrogen-bond acceptors (Lipinski definition) is 5. The van der Waals surface area contributed by atoms with E-state index in [4.69, 9.17) is 0 Å². The molecular formula is C23H25FN2O3S3. The van der Waals surface area contributed by atoms with Crippen LogP contribution < -0.4 is 9.62 Å². The number of carbonyl (C=O) groups is 1. The van der Waals surface area contributed by atoms with Gasteiger partial charge in [-0.25, -0.2) is 12.8 Å². The van der Waals surface area contributed by atoms with Gasteiger partial charge in [0.15, 0.2) is 0 Å². The Hall–Kier alpha value is -2.36. The van der Waals surface area contributed by atoms with Crippen molar-refractivity contribution in [1.82, 2.24) is 5.32 Å². The SMILES string of the molecule is Cc1ccccc1CSCCCNC(=O)CN(c1ccc(F)cc1)S(=O)(=O)c1cccs1. The number of nitrogens with one attached hydrogen (secondary N) is 1. The number of thiophene rings is 1. The predicted octanol–water partition coefficient (Wildman–Crippen LogP) is 4.83. The van der Waals surface area contributed by atoms with E-state index in [0.29, 0.717) is 6.54 Å². The summed E-state index contributed by atoms with van der Waals surface area (Å²) in [6.07, 6.45) is 0.774. The number of sulfonamides is 1. The monoisotopic (exact) mass is 492 g/mol. The number of benzene rings is 2. The molecule has 9 heteroatoms. The molecule has 0 aliphatic heterocycles. The predicted molar refractivity (Wildman–Crippen MR) is 130 cm³/mol. The molecule has 0 aliphatic carbocycles. The van der Waals surface area contributed by atoms with E-state index in [1.165, 1.54) is 41.5 Å². The summed E-state index contributed by atoms with van der Waals surface area (Å²) in [6, 6.07) is 16.4. The fourth-order valence-electron chi connectivity index (χ4n) is 2.98. The maximum Gasteiger partial charge on any atom is 0.274 e. The van der Waals surface area contributed by atoms with Crippen molar-refractivity contribution in [3.05, 3.63) is 83.0 Å². The normalized spacial score (nSPS) is 11.3. The highest BCUT2D eigenvalue weighted by Gasteiger charge is 2.28. The van der Waals surface area contributed by atoms with Gasteiger partial charge in [0, 0.05) is 12.3 Å². The number of rotatable bonds is 11. The van der Waals surface area contributed by atoms with Crippen LogP contribution in [-0.2, 0) is 20.6 Å². The van der Waals surface area contributed by atoms with Crippen LogP contribution in [0.1, 0.15) is 17.5 Å². The molecular weight excluding hydrogens is 467 g/mol. The van der Waals surface area contributed by atoms with E-state index >= 15 is 0 Å². The molecule has 0 saturated carbocycles. The molecule has 5 nitrogen and oxygen atoms in total. The highest BCUT2D eigenvalue weighted by molar-refractivity contribution is 7.98. The zero-order chi connectivity index (χ0) is 23.0. The number of hydrogen-bond donors (Lipinski definition) is 1. The Balaban J connectivity index is 1.54. The Morgan fingerprint density at radius 3 is 2.53 bits per heavy atom. The van der Waals surface area contributed by atoms with Crippen LogP contribution in [0.2, 0.25) is 0 Å². The first-order valence-corrected chi connectivity index (χ1v) is 13.6. The molecule has 0 fully saturated rings. The molecule has 2 aromatic carbocycles. The molecule has 0 aliphatic rings. The molecule has 3 aromatic rings. The van der Waals surface area contributed by atoms with Crippen molar-refractivity contribution in [2.24, 2.45) is 0 Å². The lowest BCUT2D eigenvalue weighted by Crippen LogP contribution is -2.41. The molecule has 0 saturated heterocycles. The summed E-state index contributed by atoms with van der Waals surface area (Å²) in [4.78, 5) is 12.5. The van der Waals surface area contributed by atoms with E-state index in [1.807, 2.05) is 12.1 Å². The van der Waals surface area contributed by atoms with Gasteiger partial charge in [0.1, 0.15) is 16.6 Å². The fraction of sp³-hybridized carbons (Fsp3) is 0.261. The summed E-state index contributed by atoms with van der Waals surface area (Å²) in [5.41, 5.74) is 2.81. The topological polar surface area (TPSA) is 66.5 Å². The van der Waals surface area contributed by atoms with Crippen LogP contribution in [0, 0.1) is 12.7 Å². The van der Waals surface area contributed by atoms with E-state index in [9.17, 15) is 17.6 Å². The largest absolute Gasteiger partial charge is 0.354 e. The Morgan fingerprint density at radius 1 is 1.09 bits per heavy atom. The van der Waals surface area contributed by atoms with Gasteiger partial charge in [0.05, 0.1) is 5.69 Å². The van der Waals surface area contributed by atoms with Crippen molar-refractivity contribution in [1.29, 1.82) is 0 Å². The first-order valence-electron chi connectivity index (χ1n) is 10.1. The number of aryl methyl sites for hydroxylation is 1. The lowest BCUT2D eigenvalue weighted by atomic mass is 10.1. The second-order valence-electron chi connectivity index (χ2n) is 7.10. The Bertz CT molecular complexity index is 1120. The van der Waals surface area contributed by atoms with E-state index in [-0.39, 0.29) is 16.4 Å². The van der Waals surface area contributed by atoms with Gasteiger partial charge in [-0.2, -0.15) is 11.8 Å². The van der Waals surface area contributed by atoms with Gasteiger partial charge in [-0.15, -0.1) is 11.3 Å². The highest BCUT2D eigenvalue weighted by atomic mass is 32.2. The van der Waals surface area contributed by atoms with Crippen LogP contribution in [0.25, 0.3) is 0 Å².